The molecule has 5 rings (SSSR count). The Bertz CT molecular complexity index is 1190. The largest absolute Gasteiger partial charge is 0.473 e. The zero-order chi connectivity index (χ0) is 22.2. The van der Waals surface area contributed by atoms with E-state index >= 15 is 0 Å². The van der Waals surface area contributed by atoms with E-state index in [-0.39, 0.29) is 29.9 Å². The van der Waals surface area contributed by atoms with Gasteiger partial charge in [-0.05, 0) is 36.8 Å². The maximum Gasteiger partial charge on any atom is 0.352 e. The third kappa shape index (κ3) is 4.01. The summed E-state index contributed by atoms with van der Waals surface area (Å²) in [4.78, 5) is 22.4. The van der Waals surface area contributed by atoms with Crippen LogP contribution in [-0.2, 0) is 17.9 Å². The van der Waals surface area contributed by atoms with Crippen LogP contribution in [0, 0.1) is 18.6 Å². The first-order chi connectivity index (χ1) is 15.5. The van der Waals surface area contributed by atoms with E-state index in [1.165, 1.54) is 6.20 Å². The molecule has 2 aromatic heterocycles. The molecule has 0 spiro atoms. The van der Waals surface area contributed by atoms with Gasteiger partial charge in [0.15, 0.2) is 17.4 Å². The predicted octanol–water partition coefficient (Wildman–Crippen LogP) is 2.82. The van der Waals surface area contributed by atoms with Crippen LogP contribution in [0.1, 0.15) is 11.3 Å². The van der Waals surface area contributed by atoms with E-state index in [1.807, 2.05) is 4.90 Å². The van der Waals surface area contributed by atoms with E-state index in [9.17, 15) is 13.6 Å². The molecule has 0 saturated carbocycles. The lowest BCUT2D eigenvalue weighted by atomic mass is 10.2. The first kappa shape index (κ1) is 20.4. The van der Waals surface area contributed by atoms with Crippen molar-refractivity contribution in [3.8, 4) is 17.4 Å². The number of pyridine rings is 1. The number of ether oxygens (including phenoxy) is 3. The van der Waals surface area contributed by atoms with Gasteiger partial charge in [0.2, 0.25) is 5.88 Å². The molecule has 2 aliphatic rings. The first-order valence-electron chi connectivity index (χ1n) is 10.2. The number of fused-ring (bicyclic) bond motifs is 4. The second kappa shape index (κ2) is 8.19. The molecule has 10 heteroatoms. The van der Waals surface area contributed by atoms with Gasteiger partial charge >= 0.3 is 5.69 Å². The van der Waals surface area contributed by atoms with Crippen molar-refractivity contribution in [2.45, 2.75) is 26.2 Å². The number of aromatic nitrogens is 3. The molecular weight excluding hydrogens is 422 g/mol. The van der Waals surface area contributed by atoms with E-state index in [0.29, 0.717) is 32.1 Å². The molecule has 1 unspecified atom stereocenters. The molecule has 4 heterocycles. The summed E-state index contributed by atoms with van der Waals surface area (Å²) in [6.07, 6.45) is 1.35. The summed E-state index contributed by atoms with van der Waals surface area (Å²) in [7, 11) is 0. The fourth-order valence-corrected chi connectivity index (χ4v) is 3.81. The number of morpholine rings is 1. The molecule has 1 atom stereocenters. The number of nitrogens with zero attached hydrogens (tertiary/aromatic N) is 4. The van der Waals surface area contributed by atoms with Crippen LogP contribution in [0.2, 0.25) is 0 Å². The number of rotatable bonds is 5. The van der Waals surface area contributed by atoms with Crippen LogP contribution in [0.3, 0.4) is 0 Å². The van der Waals surface area contributed by atoms with Crippen molar-refractivity contribution >= 4 is 5.82 Å². The average molecular weight is 442 g/mol. The Morgan fingerprint density at radius 1 is 1.19 bits per heavy atom. The van der Waals surface area contributed by atoms with Crippen molar-refractivity contribution in [2.24, 2.45) is 0 Å². The van der Waals surface area contributed by atoms with Gasteiger partial charge in [-0.2, -0.15) is 4.98 Å². The minimum absolute atomic E-state index is 0.0371. The maximum atomic E-state index is 14.5. The normalized spacial score (nSPS) is 17.1. The zero-order valence-electron chi connectivity index (χ0n) is 17.3. The van der Waals surface area contributed by atoms with Gasteiger partial charge in [-0.3, -0.25) is 9.55 Å². The van der Waals surface area contributed by atoms with Crippen molar-refractivity contribution < 1.29 is 23.0 Å². The average Bonchev–Trinajstić information content (AvgIpc) is 2.77. The van der Waals surface area contributed by atoms with Crippen LogP contribution in [-0.4, -0.2) is 40.3 Å². The Morgan fingerprint density at radius 3 is 2.75 bits per heavy atom. The van der Waals surface area contributed by atoms with Gasteiger partial charge in [0.25, 0.3) is 0 Å². The van der Waals surface area contributed by atoms with Gasteiger partial charge in [-0.1, -0.05) is 0 Å². The summed E-state index contributed by atoms with van der Waals surface area (Å²) in [5.41, 5.74) is 0.542. The Hall–Kier alpha value is -3.53. The Labute approximate surface area is 182 Å². The van der Waals surface area contributed by atoms with E-state index in [4.69, 9.17) is 14.2 Å². The molecule has 2 aliphatic heterocycles. The minimum atomic E-state index is -0.873. The van der Waals surface area contributed by atoms with E-state index in [2.05, 4.69) is 9.97 Å². The molecule has 0 radical (unpaired) electrons. The Balaban J connectivity index is 1.32. The molecule has 166 valence electrons. The molecule has 0 amide bonds. The summed E-state index contributed by atoms with van der Waals surface area (Å²) in [5.74, 6) is -1.25. The number of halogens is 2. The number of anilines is 1. The topological polar surface area (TPSA) is 78.7 Å². The predicted molar refractivity (Wildman–Crippen MR) is 110 cm³/mol. The minimum Gasteiger partial charge on any atom is -0.473 e. The Morgan fingerprint density at radius 2 is 2.00 bits per heavy atom. The molecule has 0 aliphatic carbocycles. The van der Waals surface area contributed by atoms with Gasteiger partial charge in [0, 0.05) is 24.8 Å². The van der Waals surface area contributed by atoms with Gasteiger partial charge in [-0.15, -0.1) is 0 Å². The van der Waals surface area contributed by atoms with Gasteiger partial charge in [-0.25, -0.2) is 13.6 Å². The van der Waals surface area contributed by atoms with E-state index < -0.39 is 23.1 Å². The van der Waals surface area contributed by atoms with Crippen LogP contribution in [0.15, 0.2) is 41.3 Å². The van der Waals surface area contributed by atoms with Crippen LogP contribution >= 0.6 is 0 Å². The molecule has 2 bridgehead atoms. The zero-order valence-corrected chi connectivity index (χ0v) is 17.3. The quantitative estimate of drug-likeness (QED) is 0.601. The Kier molecular flexibility index (Phi) is 5.22. The van der Waals surface area contributed by atoms with Crippen molar-refractivity contribution in [3.05, 3.63) is 69.9 Å². The monoisotopic (exact) mass is 442 g/mol. The fourth-order valence-electron chi connectivity index (χ4n) is 3.81. The lowest BCUT2D eigenvalue weighted by Gasteiger charge is -2.40. The summed E-state index contributed by atoms with van der Waals surface area (Å²) < 4.78 is 47.1. The van der Waals surface area contributed by atoms with Gasteiger partial charge in [0.05, 0.1) is 25.5 Å². The highest BCUT2D eigenvalue weighted by molar-refractivity contribution is 5.45. The second-order valence-corrected chi connectivity index (χ2v) is 7.70. The van der Waals surface area contributed by atoms with E-state index in [1.54, 1.807) is 29.7 Å². The van der Waals surface area contributed by atoms with Gasteiger partial charge < -0.3 is 19.1 Å². The highest BCUT2D eigenvalue weighted by Gasteiger charge is 2.30. The second-order valence-electron chi connectivity index (χ2n) is 7.70. The summed E-state index contributed by atoms with van der Waals surface area (Å²) in [5, 5.41) is 0. The molecule has 3 aromatic rings. The van der Waals surface area contributed by atoms with Crippen molar-refractivity contribution in [1.82, 2.24) is 14.5 Å². The molecule has 0 N–H and O–H groups in total. The maximum absolute atomic E-state index is 14.5. The van der Waals surface area contributed by atoms with E-state index in [0.717, 1.165) is 17.8 Å². The third-order valence-electron chi connectivity index (χ3n) is 5.36. The van der Waals surface area contributed by atoms with Crippen molar-refractivity contribution in [2.75, 3.05) is 24.6 Å². The summed E-state index contributed by atoms with van der Waals surface area (Å²) in [6.45, 7) is 4.01. The molecule has 8 nitrogen and oxygen atoms in total. The molecule has 1 aromatic carbocycles. The highest BCUT2D eigenvalue weighted by Crippen LogP contribution is 2.29. The fraction of sp³-hybridized carbons (Fsp3) is 0.318. The molecule has 1 saturated heterocycles. The molecular formula is C22H20F2N4O4. The van der Waals surface area contributed by atoms with Gasteiger partial charge in [0.1, 0.15) is 18.2 Å². The molecule has 32 heavy (non-hydrogen) atoms. The standard InChI is InChI=1S/C22H20F2N4O4/c1-13-2-3-15(9-25-13)32-21-17(23)6-14(7-18(21)24)12-31-19-8-20-27-4-5-30-16(10-27)11-28(20)22(29)26-19/h2-3,6-9,16H,4-5,10-12H2,1H3. The lowest BCUT2D eigenvalue weighted by Crippen LogP contribution is -2.52. The summed E-state index contributed by atoms with van der Waals surface area (Å²) >= 11 is 0. The number of benzene rings is 1. The van der Waals surface area contributed by atoms with Crippen LogP contribution < -0.4 is 20.1 Å². The first-order valence-corrected chi connectivity index (χ1v) is 10.2. The number of aryl methyl sites for hydroxylation is 1. The lowest BCUT2D eigenvalue weighted by molar-refractivity contribution is 0.0195. The highest BCUT2D eigenvalue weighted by atomic mass is 19.1. The number of hydrogen-bond donors (Lipinski definition) is 0. The third-order valence-corrected chi connectivity index (χ3v) is 5.36. The van der Waals surface area contributed by atoms with Crippen molar-refractivity contribution in [1.29, 1.82) is 0 Å². The van der Waals surface area contributed by atoms with Crippen LogP contribution in [0.5, 0.6) is 17.4 Å². The van der Waals surface area contributed by atoms with Crippen LogP contribution in [0.4, 0.5) is 14.6 Å². The van der Waals surface area contributed by atoms with Crippen LogP contribution in [0.25, 0.3) is 0 Å². The summed E-state index contributed by atoms with van der Waals surface area (Å²) in [6, 6.07) is 7.17. The van der Waals surface area contributed by atoms with Crippen molar-refractivity contribution in [3.63, 3.8) is 0 Å². The number of hydrogen-bond acceptors (Lipinski definition) is 7. The SMILES string of the molecule is Cc1ccc(Oc2c(F)cc(COc3cc4n(c(=O)n3)CC3CN4CCO3)cc2F)cn1. The smallest absolute Gasteiger partial charge is 0.352 e. The molecule has 1 fully saturated rings.